The van der Waals surface area contributed by atoms with Crippen LogP contribution in [0.3, 0.4) is 0 Å². The lowest BCUT2D eigenvalue weighted by Crippen LogP contribution is -2.01. The fraction of sp³-hybridized carbons (Fsp3) is 0.0714. The molecule has 0 spiro atoms. The predicted octanol–water partition coefficient (Wildman–Crippen LogP) is 3.74. The van der Waals surface area contributed by atoms with Gasteiger partial charge in [-0.2, -0.15) is 0 Å². The summed E-state index contributed by atoms with van der Waals surface area (Å²) in [5.41, 5.74) is 2.73. The molecule has 0 saturated heterocycles. The van der Waals surface area contributed by atoms with Gasteiger partial charge in [0.1, 0.15) is 0 Å². The number of halogens is 1. The highest BCUT2D eigenvalue weighted by atomic mass is 127. The van der Waals surface area contributed by atoms with E-state index in [9.17, 15) is 4.79 Å². The van der Waals surface area contributed by atoms with Gasteiger partial charge >= 0.3 is 5.97 Å². The van der Waals surface area contributed by atoms with Crippen LogP contribution in [-0.4, -0.2) is 13.1 Å². The molecule has 17 heavy (non-hydrogen) atoms. The molecule has 0 aliphatic heterocycles. The molecular formula is C14H11IO2. The normalized spacial score (nSPS) is 10.0. The number of hydrogen-bond donors (Lipinski definition) is 0. The van der Waals surface area contributed by atoms with Crippen LogP contribution in [0.25, 0.3) is 11.1 Å². The molecule has 2 aromatic rings. The topological polar surface area (TPSA) is 26.3 Å². The summed E-state index contributed by atoms with van der Waals surface area (Å²) in [6.07, 6.45) is 0. The second-order valence-corrected chi connectivity index (χ2v) is 4.71. The number of benzene rings is 2. The first-order valence-electron chi connectivity index (χ1n) is 5.15. The molecule has 2 aromatic carbocycles. The van der Waals surface area contributed by atoms with E-state index < -0.39 is 0 Å². The highest BCUT2D eigenvalue weighted by molar-refractivity contribution is 14.1. The van der Waals surface area contributed by atoms with Crippen LogP contribution in [0, 0.1) is 3.57 Å². The molecule has 0 aromatic heterocycles. The van der Waals surface area contributed by atoms with Crippen molar-refractivity contribution in [3.63, 3.8) is 0 Å². The van der Waals surface area contributed by atoms with Gasteiger partial charge in [-0.05, 0) is 51.9 Å². The molecule has 0 fully saturated rings. The number of hydrogen-bond acceptors (Lipinski definition) is 2. The standard InChI is InChI=1S/C14H11IO2/c1-17-14(16)11-7-8-13(15)12(9-11)10-5-3-2-4-6-10/h2-9H,1H3. The molecule has 86 valence electrons. The van der Waals surface area contributed by atoms with Gasteiger partial charge < -0.3 is 4.74 Å². The SMILES string of the molecule is COC(=O)c1ccc(I)c(-c2ccccc2)c1. The van der Waals surface area contributed by atoms with Crippen LogP contribution in [0.4, 0.5) is 0 Å². The molecule has 0 amide bonds. The summed E-state index contributed by atoms with van der Waals surface area (Å²) < 4.78 is 5.84. The average molecular weight is 338 g/mol. The second-order valence-electron chi connectivity index (χ2n) is 3.55. The van der Waals surface area contributed by atoms with Gasteiger partial charge in [0.15, 0.2) is 0 Å². The molecule has 0 saturated carbocycles. The predicted molar refractivity (Wildman–Crippen MR) is 75.9 cm³/mol. The highest BCUT2D eigenvalue weighted by Crippen LogP contribution is 2.26. The first kappa shape index (κ1) is 12.1. The van der Waals surface area contributed by atoms with Crippen molar-refractivity contribution in [1.82, 2.24) is 0 Å². The van der Waals surface area contributed by atoms with Gasteiger partial charge in [0.05, 0.1) is 12.7 Å². The fourth-order valence-corrected chi connectivity index (χ4v) is 2.26. The zero-order valence-electron chi connectivity index (χ0n) is 9.31. The van der Waals surface area contributed by atoms with Crippen LogP contribution in [0.15, 0.2) is 48.5 Å². The van der Waals surface area contributed by atoms with E-state index in [0.29, 0.717) is 5.56 Å². The molecule has 0 radical (unpaired) electrons. The Morgan fingerprint density at radius 1 is 1.12 bits per heavy atom. The van der Waals surface area contributed by atoms with E-state index >= 15 is 0 Å². The summed E-state index contributed by atoms with van der Waals surface area (Å²) in [5, 5.41) is 0. The van der Waals surface area contributed by atoms with Gasteiger partial charge in [0.2, 0.25) is 0 Å². The van der Waals surface area contributed by atoms with Crippen molar-refractivity contribution in [2.45, 2.75) is 0 Å². The van der Waals surface area contributed by atoms with Crippen LogP contribution in [-0.2, 0) is 4.74 Å². The number of ether oxygens (including phenoxy) is 1. The third kappa shape index (κ3) is 2.66. The lowest BCUT2D eigenvalue weighted by atomic mass is 10.0. The van der Waals surface area contributed by atoms with Crippen LogP contribution >= 0.6 is 22.6 Å². The smallest absolute Gasteiger partial charge is 0.337 e. The second kappa shape index (κ2) is 5.31. The largest absolute Gasteiger partial charge is 0.465 e. The molecule has 0 heterocycles. The quantitative estimate of drug-likeness (QED) is 0.616. The summed E-state index contributed by atoms with van der Waals surface area (Å²) in [7, 11) is 1.39. The van der Waals surface area contributed by atoms with E-state index in [2.05, 4.69) is 22.6 Å². The number of rotatable bonds is 2. The molecule has 0 bridgehead atoms. The Balaban J connectivity index is 2.50. The van der Waals surface area contributed by atoms with Crippen molar-refractivity contribution in [3.8, 4) is 11.1 Å². The molecule has 0 N–H and O–H groups in total. The molecule has 0 atom stereocenters. The molecule has 2 rings (SSSR count). The van der Waals surface area contributed by atoms with E-state index in [-0.39, 0.29) is 5.97 Å². The zero-order valence-corrected chi connectivity index (χ0v) is 11.5. The van der Waals surface area contributed by atoms with Gasteiger partial charge in [-0.15, -0.1) is 0 Å². The molecular weight excluding hydrogens is 327 g/mol. The third-order valence-corrected chi connectivity index (χ3v) is 3.41. The minimum absolute atomic E-state index is 0.307. The Bertz CT molecular complexity index is 535. The maximum atomic E-state index is 11.5. The number of carbonyl (C=O) groups excluding carboxylic acids is 1. The van der Waals surface area contributed by atoms with E-state index in [1.165, 1.54) is 7.11 Å². The lowest BCUT2D eigenvalue weighted by molar-refractivity contribution is 0.0601. The minimum Gasteiger partial charge on any atom is -0.465 e. The number of methoxy groups -OCH3 is 1. The van der Waals surface area contributed by atoms with Gasteiger partial charge in [0.25, 0.3) is 0 Å². The Kier molecular flexibility index (Phi) is 3.78. The molecule has 0 unspecified atom stereocenters. The Labute approximate surface area is 114 Å². The molecule has 0 aliphatic rings. The van der Waals surface area contributed by atoms with E-state index in [1.807, 2.05) is 42.5 Å². The van der Waals surface area contributed by atoms with Gasteiger partial charge in [-0.25, -0.2) is 4.79 Å². The Hall–Kier alpha value is -1.36. The highest BCUT2D eigenvalue weighted by Gasteiger charge is 2.09. The van der Waals surface area contributed by atoms with E-state index in [0.717, 1.165) is 14.7 Å². The van der Waals surface area contributed by atoms with Crippen molar-refractivity contribution >= 4 is 28.6 Å². The first-order valence-corrected chi connectivity index (χ1v) is 6.23. The summed E-state index contributed by atoms with van der Waals surface area (Å²) in [4.78, 5) is 11.5. The Morgan fingerprint density at radius 2 is 1.82 bits per heavy atom. The molecule has 0 aliphatic carbocycles. The number of carbonyl (C=O) groups is 1. The van der Waals surface area contributed by atoms with Crippen molar-refractivity contribution in [3.05, 3.63) is 57.7 Å². The van der Waals surface area contributed by atoms with Crippen LogP contribution in [0.2, 0.25) is 0 Å². The van der Waals surface area contributed by atoms with Crippen LogP contribution in [0.5, 0.6) is 0 Å². The molecule has 3 heteroatoms. The van der Waals surface area contributed by atoms with E-state index in [4.69, 9.17) is 4.74 Å². The van der Waals surface area contributed by atoms with Gasteiger partial charge in [-0.3, -0.25) is 0 Å². The van der Waals surface area contributed by atoms with Crippen molar-refractivity contribution in [2.24, 2.45) is 0 Å². The van der Waals surface area contributed by atoms with E-state index in [1.54, 1.807) is 6.07 Å². The third-order valence-electron chi connectivity index (χ3n) is 2.47. The minimum atomic E-state index is -0.307. The number of esters is 1. The van der Waals surface area contributed by atoms with Gasteiger partial charge in [-0.1, -0.05) is 30.3 Å². The molecule has 2 nitrogen and oxygen atoms in total. The summed E-state index contributed by atoms with van der Waals surface area (Å²) >= 11 is 2.26. The maximum Gasteiger partial charge on any atom is 0.337 e. The van der Waals surface area contributed by atoms with Crippen molar-refractivity contribution < 1.29 is 9.53 Å². The monoisotopic (exact) mass is 338 g/mol. The average Bonchev–Trinajstić information content (AvgIpc) is 2.39. The van der Waals surface area contributed by atoms with Crippen LogP contribution < -0.4 is 0 Å². The maximum absolute atomic E-state index is 11.5. The van der Waals surface area contributed by atoms with Crippen LogP contribution in [0.1, 0.15) is 10.4 Å². The van der Waals surface area contributed by atoms with Crippen molar-refractivity contribution in [2.75, 3.05) is 7.11 Å². The summed E-state index contributed by atoms with van der Waals surface area (Å²) in [6, 6.07) is 15.6. The fourth-order valence-electron chi connectivity index (χ4n) is 1.61. The first-order chi connectivity index (χ1) is 8.22. The zero-order chi connectivity index (χ0) is 12.3. The summed E-state index contributed by atoms with van der Waals surface area (Å²) in [6.45, 7) is 0. The van der Waals surface area contributed by atoms with Crippen molar-refractivity contribution in [1.29, 1.82) is 0 Å². The summed E-state index contributed by atoms with van der Waals surface area (Å²) in [5.74, 6) is -0.307. The Morgan fingerprint density at radius 3 is 2.47 bits per heavy atom. The van der Waals surface area contributed by atoms with Gasteiger partial charge in [0, 0.05) is 3.57 Å². The lowest BCUT2D eigenvalue weighted by Gasteiger charge is -2.07.